The van der Waals surface area contributed by atoms with Gasteiger partial charge in [0, 0.05) is 29.3 Å². The van der Waals surface area contributed by atoms with Gasteiger partial charge < -0.3 is 32.2 Å². The Kier molecular flexibility index (Phi) is 9.15. The topological polar surface area (TPSA) is 163 Å². The molecule has 2 amide bonds. The van der Waals surface area contributed by atoms with Crippen molar-refractivity contribution in [2.45, 2.75) is 43.8 Å². The molecule has 3 atom stereocenters. The van der Waals surface area contributed by atoms with Crippen LogP contribution in [0.15, 0.2) is 30.5 Å². The van der Waals surface area contributed by atoms with Crippen molar-refractivity contribution in [3.05, 3.63) is 36.0 Å². The van der Waals surface area contributed by atoms with Gasteiger partial charge in [-0.05, 0) is 37.4 Å². The standard InChI is InChI=1S/C20H29N5O4S/c21-8-4-3-7-16(24-18(26)14(22)11-30)19(27)25-17(20(28)29)9-12-10-23-15-6-2-1-5-13(12)15/h1-2,5-6,10,14,16-17,23,30H,3-4,7-9,11,21-22H2,(H,24,26)(H,25,27)(H,28,29). The minimum absolute atomic E-state index is 0.102. The summed E-state index contributed by atoms with van der Waals surface area (Å²) in [6, 6.07) is 4.60. The second-order valence-electron chi connectivity index (χ2n) is 7.10. The zero-order valence-corrected chi connectivity index (χ0v) is 17.5. The van der Waals surface area contributed by atoms with E-state index in [4.69, 9.17) is 11.5 Å². The van der Waals surface area contributed by atoms with Crippen molar-refractivity contribution in [1.82, 2.24) is 15.6 Å². The zero-order chi connectivity index (χ0) is 22.1. The lowest BCUT2D eigenvalue weighted by atomic mass is 10.0. The molecule has 164 valence electrons. The molecule has 10 heteroatoms. The molecule has 0 aliphatic rings. The normalized spacial score (nSPS) is 14.1. The molecule has 1 aromatic carbocycles. The van der Waals surface area contributed by atoms with Crippen LogP contribution in [-0.2, 0) is 20.8 Å². The summed E-state index contributed by atoms with van der Waals surface area (Å²) >= 11 is 3.99. The Bertz CT molecular complexity index is 872. The van der Waals surface area contributed by atoms with E-state index in [1.165, 1.54) is 0 Å². The van der Waals surface area contributed by atoms with Gasteiger partial charge in [0.1, 0.15) is 12.1 Å². The Balaban J connectivity index is 2.11. The van der Waals surface area contributed by atoms with Gasteiger partial charge >= 0.3 is 5.97 Å². The van der Waals surface area contributed by atoms with Gasteiger partial charge in [0.15, 0.2) is 0 Å². The van der Waals surface area contributed by atoms with Crippen molar-refractivity contribution in [3.8, 4) is 0 Å². The number of aromatic amines is 1. The lowest BCUT2D eigenvalue weighted by Gasteiger charge is -2.22. The van der Waals surface area contributed by atoms with Crippen LogP contribution in [0, 0.1) is 0 Å². The van der Waals surface area contributed by atoms with Gasteiger partial charge in [-0.3, -0.25) is 9.59 Å². The van der Waals surface area contributed by atoms with E-state index in [1.807, 2.05) is 24.3 Å². The van der Waals surface area contributed by atoms with Crippen LogP contribution in [0.2, 0.25) is 0 Å². The molecule has 0 aliphatic carbocycles. The highest BCUT2D eigenvalue weighted by atomic mass is 32.1. The molecule has 30 heavy (non-hydrogen) atoms. The summed E-state index contributed by atoms with van der Waals surface area (Å²) in [7, 11) is 0. The van der Waals surface area contributed by atoms with Crippen LogP contribution in [0.5, 0.6) is 0 Å². The minimum Gasteiger partial charge on any atom is -0.480 e. The van der Waals surface area contributed by atoms with E-state index in [-0.39, 0.29) is 12.2 Å². The average molecular weight is 436 g/mol. The quantitative estimate of drug-likeness (QED) is 0.185. The van der Waals surface area contributed by atoms with E-state index in [1.54, 1.807) is 6.20 Å². The number of aliphatic carboxylic acids is 1. The third kappa shape index (κ3) is 6.48. The molecule has 9 nitrogen and oxygen atoms in total. The van der Waals surface area contributed by atoms with Crippen LogP contribution in [0.4, 0.5) is 0 Å². The first kappa shape index (κ1) is 23.7. The number of carbonyl (C=O) groups excluding carboxylic acids is 2. The average Bonchev–Trinajstić information content (AvgIpc) is 3.14. The number of nitrogens with two attached hydrogens (primary N) is 2. The zero-order valence-electron chi connectivity index (χ0n) is 16.6. The molecule has 0 radical (unpaired) electrons. The number of hydrogen-bond acceptors (Lipinski definition) is 6. The minimum atomic E-state index is -1.16. The van der Waals surface area contributed by atoms with Gasteiger partial charge in [0.25, 0.3) is 0 Å². The van der Waals surface area contributed by atoms with Crippen LogP contribution in [-0.4, -0.2) is 58.3 Å². The number of thiol groups is 1. The lowest BCUT2D eigenvalue weighted by molar-refractivity contribution is -0.142. The monoisotopic (exact) mass is 435 g/mol. The van der Waals surface area contributed by atoms with Gasteiger partial charge in [-0.2, -0.15) is 12.6 Å². The molecular weight excluding hydrogens is 406 g/mol. The fraction of sp³-hybridized carbons (Fsp3) is 0.450. The molecule has 0 bridgehead atoms. The van der Waals surface area contributed by atoms with E-state index in [9.17, 15) is 19.5 Å². The van der Waals surface area contributed by atoms with Gasteiger partial charge in [-0.25, -0.2) is 4.79 Å². The predicted molar refractivity (Wildman–Crippen MR) is 118 cm³/mol. The Hall–Kier alpha value is -2.56. The Morgan fingerprint density at radius 2 is 1.80 bits per heavy atom. The Morgan fingerprint density at radius 1 is 1.10 bits per heavy atom. The smallest absolute Gasteiger partial charge is 0.326 e. The van der Waals surface area contributed by atoms with E-state index in [0.29, 0.717) is 25.8 Å². The number of carboxylic acid groups (broad SMARTS) is 1. The molecule has 2 rings (SSSR count). The predicted octanol–water partition coefficient (Wildman–Crippen LogP) is 0.151. The number of carbonyl (C=O) groups is 3. The number of fused-ring (bicyclic) bond motifs is 1. The molecule has 0 fully saturated rings. The summed E-state index contributed by atoms with van der Waals surface area (Å²) in [6.45, 7) is 0.455. The number of H-pyrrole nitrogens is 1. The molecule has 1 heterocycles. The van der Waals surface area contributed by atoms with Crippen molar-refractivity contribution in [3.63, 3.8) is 0 Å². The molecule has 8 N–H and O–H groups in total. The number of para-hydroxylation sites is 1. The lowest BCUT2D eigenvalue weighted by Crippen LogP contribution is -2.55. The van der Waals surface area contributed by atoms with Crippen LogP contribution < -0.4 is 22.1 Å². The van der Waals surface area contributed by atoms with Crippen LogP contribution in [0.1, 0.15) is 24.8 Å². The van der Waals surface area contributed by atoms with Crippen molar-refractivity contribution in [1.29, 1.82) is 0 Å². The molecule has 2 aromatic rings. The van der Waals surface area contributed by atoms with E-state index >= 15 is 0 Å². The maximum absolute atomic E-state index is 12.8. The highest BCUT2D eigenvalue weighted by molar-refractivity contribution is 7.80. The van der Waals surface area contributed by atoms with Crippen LogP contribution in [0.3, 0.4) is 0 Å². The van der Waals surface area contributed by atoms with Crippen molar-refractivity contribution in [2.24, 2.45) is 11.5 Å². The maximum atomic E-state index is 12.8. The number of rotatable bonds is 12. The number of aromatic nitrogens is 1. The highest BCUT2D eigenvalue weighted by Gasteiger charge is 2.28. The van der Waals surface area contributed by atoms with Gasteiger partial charge in [-0.15, -0.1) is 0 Å². The molecule has 0 saturated carbocycles. The van der Waals surface area contributed by atoms with Gasteiger partial charge in [0.2, 0.25) is 11.8 Å². The molecular formula is C20H29N5O4S. The maximum Gasteiger partial charge on any atom is 0.326 e. The number of unbranched alkanes of at least 4 members (excludes halogenated alkanes) is 1. The van der Waals surface area contributed by atoms with E-state index < -0.39 is 35.9 Å². The second-order valence-corrected chi connectivity index (χ2v) is 7.46. The summed E-state index contributed by atoms with van der Waals surface area (Å²) in [6.07, 6.45) is 3.44. The van der Waals surface area contributed by atoms with Crippen LogP contribution >= 0.6 is 12.6 Å². The van der Waals surface area contributed by atoms with Crippen molar-refractivity contribution < 1.29 is 19.5 Å². The third-order valence-corrected chi connectivity index (χ3v) is 5.22. The third-order valence-electron chi connectivity index (χ3n) is 4.83. The molecule has 1 aromatic heterocycles. The summed E-state index contributed by atoms with van der Waals surface area (Å²) in [4.78, 5) is 39.8. The van der Waals surface area contributed by atoms with Gasteiger partial charge in [-0.1, -0.05) is 18.2 Å². The number of amides is 2. The van der Waals surface area contributed by atoms with E-state index in [2.05, 4.69) is 28.2 Å². The SMILES string of the molecule is NCCCCC(NC(=O)C(N)CS)C(=O)NC(Cc1c[nH]c2ccccc12)C(=O)O. The van der Waals surface area contributed by atoms with Crippen molar-refractivity contribution >= 4 is 41.3 Å². The first-order valence-electron chi connectivity index (χ1n) is 9.82. The first-order valence-corrected chi connectivity index (χ1v) is 10.5. The van der Waals surface area contributed by atoms with E-state index in [0.717, 1.165) is 16.5 Å². The summed E-state index contributed by atoms with van der Waals surface area (Å²) in [5, 5.41) is 15.7. The first-order chi connectivity index (χ1) is 14.4. The van der Waals surface area contributed by atoms with Gasteiger partial charge in [0.05, 0.1) is 6.04 Å². The number of hydrogen-bond donors (Lipinski definition) is 7. The highest BCUT2D eigenvalue weighted by Crippen LogP contribution is 2.19. The number of benzene rings is 1. The molecule has 0 spiro atoms. The summed E-state index contributed by atoms with van der Waals surface area (Å²) in [5.74, 6) is -2.12. The Morgan fingerprint density at radius 3 is 2.47 bits per heavy atom. The summed E-state index contributed by atoms with van der Waals surface area (Å²) < 4.78 is 0. The van der Waals surface area contributed by atoms with Crippen LogP contribution in [0.25, 0.3) is 10.9 Å². The number of carboxylic acids is 1. The van der Waals surface area contributed by atoms with Crippen molar-refractivity contribution in [2.75, 3.05) is 12.3 Å². The molecule has 3 unspecified atom stereocenters. The Labute approximate surface area is 180 Å². The fourth-order valence-corrected chi connectivity index (χ4v) is 3.28. The second kappa shape index (κ2) is 11.6. The summed E-state index contributed by atoms with van der Waals surface area (Å²) in [5.41, 5.74) is 12.8. The molecule has 0 aliphatic heterocycles. The number of nitrogens with one attached hydrogen (secondary N) is 3. The largest absolute Gasteiger partial charge is 0.480 e. The fourth-order valence-electron chi connectivity index (χ4n) is 3.12. The molecule has 0 saturated heterocycles.